The molecule has 1 atom stereocenters. The maximum absolute atomic E-state index is 13.5. The molecule has 33 heavy (non-hydrogen) atoms. The Morgan fingerprint density at radius 1 is 1.09 bits per heavy atom. The summed E-state index contributed by atoms with van der Waals surface area (Å²) in [4.78, 5) is 27.7. The van der Waals surface area contributed by atoms with Crippen molar-refractivity contribution in [3.8, 4) is 6.07 Å². The quantitative estimate of drug-likeness (QED) is 0.422. The summed E-state index contributed by atoms with van der Waals surface area (Å²) in [6.07, 6.45) is 0.436. The van der Waals surface area contributed by atoms with Gasteiger partial charge in [0, 0.05) is 11.4 Å². The van der Waals surface area contributed by atoms with E-state index in [1.54, 1.807) is 24.3 Å². The third-order valence-corrected chi connectivity index (χ3v) is 6.39. The Labute approximate surface area is 195 Å². The minimum Gasteiger partial charge on any atom is -0.321 e. The molecule has 0 aliphatic carbocycles. The number of amides is 2. The SMILES string of the molecule is Cc1cccc(CC2SC(=C(C#N)C(=O)Nc3ccccc3)N(c3ccc(F)cc3)C2=O)c1. The van der Waals surface area contributed by atoms with Crippen LogP contribution in [-0.4, -0.2) is 17.1 Å². The Morgan fingerprint density at radius 2 is 1.82 bits per heavy atom. The molecule has 0 spiro atoms. The number of hydrogen-bond acceptors (Lipinski definition) is 4. The maximum atomic E-state index is 13.5. The standard InChI is InChI=1S/C26H20FN3O2S/c1-17-6-5-7-18(14-17)15-23-25(32)30(21-12-10-19(27)11-13-21)26(33-23)22(16-28)24(31)29-20-8-3-2-4-9-20/h2-14,23H,15H2,1H3,(H,29,31). The molecule has 1 heterocycles. The first kappa shape index (κ1) is 22.3. The fraction of sp³-hybridized carbons (Fsp3) is 0.115. The normalized spacial score (nSPS) is 16.9. The van der Waals surface area contributed by atoms with Gasteiger partial charge in [0.2, 0.25) is 5.91 Å². The van der Waals surface area contributed by atoms with E-state index in [9.17, 15) is 19.2 Å². The first-order chi connectivity index (χ1) is 16.0. The zero-order valence-electron chi connectivity index (χ0n) is 17.8. The summed E-state index contributed by atoms with van der Waals surface area (Å²) in [7, 11) is 0. The van der Waals surface area contributed by atoms with E-state index in [0.717, 1.165) is 11.1 Å². The van der Waals surface area contributed by atoms with Gasteiger partial charge in [-0.15, -0.1) is 0 Å². The first-order valence-corrected chi connectivity index (χ1v) is 11.2. The molecule has 3 aromatic rings. The van der Waals surface area contributed by atoms with Crippen LogP contribution in [0.2, 0.25) is 0 Å². The molecule has 4 rings (SSSR count). The molecule has 1 aliphatic rings. The fourth-order valence-electron chi connectivity index (χ4n) is 3.58. The van der Waals surface area contributed by atoms with Crippen molar-refractivity contribution in [2.24, 2.45) is 0 Å². The lowest BCUT2D eigenvalue weighted by Gasteiger charge is -2.18. The summed E-state index contributed by atoms with van der Waals surface area (Å²) < 4.78 is 13.5. The predicted octanol–water partition coefficient (Wildman–Crippen LogP) is 5.20. The van der Waals surface area contributed by atoms with Crippen LogP contribution in [0.4, 0.5) is 15.8 Å². The van der Waals surface area contributed by atoms with E-state index >= 15 is 0 Å². The van der Waals surface area contributed by atoms with Crippen LogP contribution in [0.1, 0.15) is 11.1 Å². The minimum absolute atomic E-state index is 0.173. The Balaban J connectivity index is 1.73. The molecule has 3 aromatic carbocycles. The second kappa shape index (κ2) is 9.72. The van der Waals surface area contributed by atoms with Crippen molar-refractivity contribution in [3.63, 3.8) is 0 Å². The van der Waals surface area contributed by atoms with E-state index in [4.69, 9.17) is 0 Å². The third kappa shape index (κ3) is 4.97. The minimum atomic E-state index is -0.609. The first-order valence-electron chi connectivity index (χ1n) is 10.3. The second-order valence-electron chi connectivity index (χ2n) is 7.56. The highest BCUT2D eigenvalue weighted by Crippen LogP contribution is 2.42. The van der Waals surface area contributed by atoms with Gasteiger partial charge in [0.15, 0.2) is 0 Å². The molecule has 1 unspecified atom stereocenters. The number of nitriles is 1. The largest absolute Gasteiger partial charge is 0.321 e. The lowest BCUT2D eigenvalue weighted by Crippen LogP contribution is -2.31. The maximum Gasteiger partial charge on any atom is 0.269 e. The number of halogens is 1. The van der Waals surface area contributed by atoms with E-state index in [-0.39, 0.29) is 16.5 Å². The molecule has 2 amide bonds. The topological polar surface area (TPSA) is 73.2 Å². The zero-order chi connectivity index (χ0) is 23.4. The van der Waals surface area contributed by atoms with Gasteiger partial charge in [-0.1, -0.05) is 59.8 Å². The molecular formula is C26H20FN3O2S. The average molecular weight is 458 g/mol. The summed E-state index contributed by atoms with van der Waals surface area (Å²) in [5.74, 6) is -1.31. The van der Waals surface area contributed by atoms with E-state index in [0.29, 0.717) is 17.8 Å². The van der Waals surface area contributed by atoms with Crippen LogP contribution in [0.15, 0.2) is 89.5 Å². The smallest absolute Gasteiger partial charge is 0.269 e. The summed E-state index contributed by atoms with van der Waals surface area (Å²) in [6, 6.07) is 24.0. The number of benzene rings is 3. The number of carbonyl (C=O) groups excluding carboxylic acids is 2. The van der Waals surface area contributed by atoms with Crippen LogP contribution in [0.25, 0.3) is 0 Å². The molecule has 0 bridgehead atoms. The molecule has 0 aromatic heterocycles. The molecule has 7 heteroatoms. The van der Waals surface area contributed by atoms with Gasteiger partial charge in [0.1, 0.15) is 22.5 Å². The van der Waals surface area contributed by atoms with E-state index < -0.39 is 17.0 Å². The van der Waals surface area contributed by atoms with Crippen LogP contribution in [0, 0.1) is 24.1 Å². The lowest BCUT2D eigenvalue weighted by atomic mass is 10.1. The third-order valence-electron chi connectivity index (χ3n) is 5.13. The van der Waals surface area contributed by atoms with E-state index in [2.05, 4.69) is 5.32 Å². The van der Waals surface area contributed by atoms with Gasteiger partial charge in [-0.3, -0.25) is 14.5 Å². The van der Waals surface area contributed by atoms with Crippen molar-refractivity contribution < 1.29 is 14.0 Å². The van der Waals surface area contributed by atoms with Crippen LogP contribution in [0.5, 0.6) is 0 Å². The molecule has 1 aliphatic heterocycles. The van der Waals surface area contributed by atoms with Gasteiger partial charge in [-0.25, -0.2) is 4.39 Å². The van der Waals surface area contributed by atoms with Gasteiger partial charge < -0.3 is 5.32 Å². The van der Waals surface area contributed by atoms with Crippen molar-refractivity contribution in [1.82, 2.24) is 0 Å². The number of hydrogen-bond donors (Lipinski definition) is 1. The highest BCUT2D eigenvalue weighted by atomic mass is 32.2. The summed E-state index contributed by atoms with van der Waals surface area (Å²) in [5, 5.41) is 12.3. The Morgan fingerprint density at radius 3 is 2.48 bits per heavy atom. The molecule has 0 radical (unpaired) electrons. The monoisotopic (exact) mass is 457 g/mol. The Bertz CT molecular complexity index is 1270. The van der Waals surface area contributed by atoms with Gasteiger partial charge in [0.05, 0.1) is 5.25 Å². The van der Waals surface area contributed by atoms with Crippen LogP contribution >= 0.6 is 11.8 Å². The number of thioether (sulfide) groups is 1. The fourth-order valence-corrected chi connectivity index (χ4v) is 4.89. The number of aryl methyl sites for hydroxylation is 1. The molecule has 1 saturated heterocycles. The molecule has 1 fully saturated rings. The van der Waals surface area contributed by atoms with Crippen molar-refractivity contribution >= 4 is 35.0 Å². The van der Waals surface area contributed by atoms with Gasteiger partial charge in [-0.2, -0.15) is 5.26 Å². The van der Waals surface area contributed by atoms with Gasteiger partial charge in [-0.05, 0) is 55.3 Å². The van der Waals surface area contributed by atoms with Gasteiger partial charge >= 0.3 is 0 Å². The lowest BCUT2D eigenvalue weighted by molar-refractivity contribution is -0.117. The van der Waals surface area contributed by atoms with Crippen molar-refractivity contribution in [1.29, 1.82) is 5.26 Å². The van der Waals surface area contributed by atoms with Crippen LogP contribution in [-0.2, 0) is 16.0 Å². The number of nitrogens with one attached hydrogen (secondary N) is 1. The average Bonchev–Trinajstić information content (AvgIpc) is 3.11. The highest BCUT2D eigenvalue weighted by Gasteiger charge is 2.40. The highest BCUT2D eigenvalue weighted by molar-refractivity contribution is 8.05. The number of para-hydroxylation sites is 1. The summed E-state index contributed by atoms with van der Waals surface area (Å²) >= 11 is 1.18. The van der Waals surface area contributed by atoms with Crippen molar-refractivity contribution in [2.45, 2.75) is 18.6 Å². The number of carbonyl (C=O) groups is 2. The second-order valence-corrected chi connectivity index (χ2v) is 8.75. The number of nitrogens with zero attached hydrogens (tertiary/aromatic N) is 2. The molecular weight excluding hydrogens is 437 g/mol. The number of anilines is 2. The van der Waals surface area contributed by atoms with Crippen molar-refractivity contribution in [3.05, 3.63) is 106 Å². The number of rotatable bonds is 5. The van der Waals surface area contributed by atoms with E-state index in [1.165, 1.54) is 40.9 Å². The Hall–Kier alpha value is -3.89. The summed E-state index contributed by atoms with van der Waals surface area (Å²) in [6.45, 7) is 1.98. The predicted molar refractivity (Wildman–Crippen MR) is 128 cm³/mol. The van der Waals surface area contributed by atoms with E-state index in [1.807, 2.05) is 43.3 Å². The summed E-state index contributed by atoms with van der Waals surface area (Å²) in [5.41, 5.74) is 2.82. The molecule has 1 N–H and O–H groups in total. The van der Waals surface area contributed by atoms with Crippen LogP contribution < -0.4 is 10.2 Å². The van der Waals surface area contributed by atoms with Crippen molar-refractivity contribution in [2.75, 3.05) is 10.2 Å². The Kier molecular flexibility index (Phi) is 6.57. The van der Waals surface area contributed by atoms with Crippen LogP contribution in [0.3, 0.4) is 0 Å². The molecule has 164 valence electrons. The zero-order valence-corrected chi connectivity index (χ0v) is 18.6. The molecule has 5 nitrogen and oxygen atoms in total. The molecule has 0 saturated carbocycles. The van der Waals surface area contributed by atoms with Gasteiger partial charge in [0.25, 0.3) is 5.91 Å².